The van der Waals surface area contributed by atoms with E-state index in [4.69, 9.17) is 0 Å². The van der Waals surface area contributed by atoms with Gasteiger partial charge < -0.3 is 10.6 Å². The van der Waals surface area contributed by atoms with Crippen LogP contribution in [-0.4, -0.2) is 34.2 Å². The number of aryl methyl sites for hydroxylation is 1. The van der Waals surface area contributed by atoms with Crippen molar-refractivity contribution < 1.29 is 9.00 Å². The van der Waals surface area contributed by atoms with Crippen molar-refractivity contribution in [2.45, 2.75) is 37.5 Å². The summed E-state index contributed by atoms with van der Waals surface area (Å²) >= 11 is 0. The molecular weight excluding hydrogens is 272 g/mol. The van der Waals surface area contributed by atoms with Gasteiger partial charge in [0.1, 0.15) is 0 Å². The summed E-state index contributed by atoms with van der Waals surface area (Å²) in [5, 5.41) is 6.42. The van der Waals surface area contributed by atoms with Crippen LogP contribution in [0.5, 0.6) is 0 Å². The number of anilines is 1. The quantitative estimate of drug-likeness (QED) is 0.869. The highest BCUT2D eigenvalue weighted by molar-refractivity contribution is 7.84. The summed E-state index contributed by atoms with van der Waals surface area (Å²) in [6.45, 7) is 2.69. The molecule has 1 aliphatic rings. The van der Waals surface area contributed by atoms with E-state index < -0.39 is 10.8 Å². The zero-order valence-corrected chi connectivity index (χ0v) is 12.8. The van der Waals surface area contributed by atoms with Crippen molar-refractivity contribution >= 4 is 22.4 Å². The first kappa shape index (κ1) is 15.2. The smallest absolute Gasteiger partial charge is 0.241 e. The van der Waals surface area contributed by atoms with Gasteiger partial charge in [-0.1, -0.05) is 25.1 Å². The molecule has 0 saturated carbocycles. The minimum absolute atomic E-state index is 0.0280. The SMILES string of the molecule is CC(CCNC1CCc2ccccc2NC1=O)S(C)=O. The van der Waals surface area contributed by atoms with E-state index in [1.165, 1.54) is 5.56 Å². The van der Waals surface area contributed by atoms with Gasteiger partial charge >= 0.3 is 0 Å². The minimum atomic E-state index is -0.802. The van der Waals surface area contributed by atoms with E-state index in [1.54, 1.807) is 6.26 Å². The molecule has 0 saturated heterocycles. The van der Waals surface area contributed by atoms with Crippen molar-refractivity contribution in [3.05, 3.63) is 29.8 Å². The summed E-state index contributed by atoms with van der Waals surface area (Å²) in [5.74, 6) is 0.0280. The standard InChI is InChI=1S/C15H22N2O2S/c1-11(20(2)19)9-10-16-14-8-7-12-5-3-4-6-13(12)17-15(14)18/h3-6,11,14,16H,7-10H2,1-2H3,(H,17,18). The van der Waals surface area contributed by atoms with Gasteiger partial charge in [0.15, 0.2) is 0 Å². The number of hydrogen-bond acceptors (Lipinski definition) is 3. The molecule has 2 N–H and O–H groups in total. The van der Waals surface area contributed by atoms with Crippen molar-refractivity contribution in [1.29, 1.82) is 0 Å². The van der Waals surface area contributed by atoms with Crippen LogP contribution in [0.15, 0.2) is 24.3 Å². The topological polar surface area (TPSA) is 58.2 Å². The Morgan fingerprint density at radius 1 is 1.45 bits per heavy atom. The first-order chi connectivity index (χ1) is 9.58. The highest BCUT2D eigenvalue weighted by Gasteiger charge is 2.22. The second-order valence-corrected chi connectivity index (χ2v) is 7.09. The van der Waals surface area contributed by atoms with Crippen LogP contribution in [0.3, 0.4) is 0 Å². The van der Waals surface area contributed by atoms with Gasteiger partial charge in [-0.25, -0.2) is 0 Å². The molecular formula is C15H22N2O2S. The Bertz CT molecular complexity index is 504. The second kappa shape index (κ2) is 6.99. The summed E-state index contributed by atoms with van der Waals surface area (Å²) in [7, 11) is -0.802. The molecule has 1 aromatic rings. The summed E-state index contributed by atoms with van der Waals surface area (Å²) in [5.41, 5.74) is 2.11. The Morgan fingerprint density at radius 3 is 2.95 bits per heavy atom. The van der Waals surface area contributed by atoms with Crippen LogP contribution >= 0.6 is 0 Å². The third kappa shape index (κ3) is 3.90. The van der Waals surface area contributed by atoms with Crippen LogP contribution in [0.1, 0.15) is 25.3 Å². The molecule has 0 aromatic heterocycles. The second-order valence-electron chi connectivity index (χ2n) is 5.29. The number of carbonyl (C=O) groups is 1. The molecule has 1 aromatic carbocycles. The predicted molar refractivity (Wildman–Crippen MR) is 83.3 cm³/mol. The Hall–Kier alpha value is -1.20. The third-order valence-electron chi connectivity index (χ3n) is 3.80. The molecule has 0 fully saturated rings. The number of benzene rings is 1. The molecule has 0 radical (unpaired) electrons. The van der Waals surface area contributed by atoms with Gasteiger partial charge in [0, 0.05) is 28.0 Å². The van der Waals surface area contributed by atoms with Crippen LogP contribution in [0, 0.1) is 0 Å². The average molecular weight is 294 g/mol. The van der Waals surface area contributed by atoms with E-state index >= 15 is 0 Å². The Balaban J connectivity index is 1.89. The molecule has 0 bridgehead atoms. The molecule has 0 aliphatic carbocycles. The molecule has 3 unspecified atom stereocenters. The van der Waals surface area contributed by atoms with Gasteiger partial charge in [0.05, 0.1) is 6.04 Å². The average Bonchev–Trinajstić information content (AvgIpc) is 2.58. The molecule has 110 valence electrons. The Kier molecular flexibility index (Phi) is 5.31. The molecule has 1 amide bonds. The molecule has 5 heteroatoms. The lowest BCUT2D eigenvalue weighted by Crippen LogP contribution is -2.41. The van der Waals surface area contributed by atoms with Crippen LogP contribution in [0.25, 0.3) is 0 Å². The van der Waals surface area contributed by atoms with E-state index in [0.29, 0.717) is 0 Å². The molecule has 2 rings (SSSR count). The highest BCUT2D eigenvalue weighted by atomic mass is 32.2. The van der Waals surface area contributed by atoms with E-state index in [9.17, 15) is 9.00 Å². The number of hydrogen-bond donors (Lipinski definition) is 2. The zero-order chi connectivity index (χ0) is 14.5. The number of rotatable bonds is 5. The van der Waals surface area contributed by atoms with E-state index in [0.717, 1.165) is 31.5 Å². The van der Waals surface area contributed by atoms with Crippen LogP contribution in [0.2, 0.25) is 0 Å². The fourth-order valence-electron chi connectivity index (χ4n) is 2.33. The normalized spacial score (nSPS) is 21.5. The molecule has 1 aliphatic heterocycles. The van der Waals surface area contributed by atoms with Crippen molar-refractivity contribution in [3.63, 3.8) is 0 Å². The Labute approximate surface area is 122 Å². The summed E-state index contributed by atoms with van der Waals surface area (Å²) in [6, 6.07) is 7.76. The van der Waals surface area contributed by atoms with E-state index in [-0.39, 0.29) is 17.2 Å². The van der Waals surface area contributed by atoms with E-state index in [2.05, 4.69) is 16.7 Å². The fourth-order valence-corrected chi connectivity index (χ4v) is 2.78. The monoisotopic (exact) mass is 294 g/mol. The molecule has 1 heterocycles. The maximum Gasteiger partial charge on any atom is 0.241 e. The highest BCUT2D eigenvalue weighted by Crippen LogP contribution is 2.21. The van der Waals surface area contributed by atoms with Crippen LogP contribution < -0.4 is 10.6 Å². The lowest BCUT2D eigenvalue weighted by atomic mass is 10.1. The third-order valence-corrected chi connectivity index (χ3v) is 5.17. The minimum Gasteiger partial charge on any atom is -0.324 e. The predicted octanol–water partition coefficient (Wildman–Crippen LogP) is 1.69. The van der Waals surface area contributed by atoms with Crippen molar-refractivity contribution in [1.82, 2.24) is 5.32 Å². The summed E-state index contributed by atoms with van der Waals surface area (Å²) in [4.78, 5) is 12.2. The molecule has 20 heavy (non-hydrogen) atoms. The van der Waals surface area contributed by atoms with Crippen LogP contribution in [0.4, 0.5) is 5.69 Å². The lowest BCUT2D eigenvalue weighted by Gasteiger charge is -2.16. The molecule has 4 nitrogen and oxygen atoms in total. The van der Waals surface area contributed by atoms with Gasteiger partial charge in [-0.15, -0.1) is 0 Å². The summed E-state index contributed by atoms with van der Waals surface area (Å²) in [6.07, 6.45) is 4.23. The number of carbonyl (C=O) groups excluding carboxylic acids is 1. The largest absolute Gasteiger partial charge is 0.324 e. The van der Waals surface area contributed by atoms with Gasteiger partial charge in [-0.05, 0) is 37.4 Å². The Morgan fingerprint density at radius 2 is 2.20 bits per heavy atom. The van der Waals surface area contributed by atoms with Gasteiger partial charge in [-0.2, -0.15) is 0 Å². The number of amides is 1. The van der Waals surface area contributed by atoms with Crippen molar-refractivity contribution in [2.75, 3.05) is 18.1 Å². The van der Waals surface area contributed by atoms with E-state index in [1.807, 2.05) is 25.1 Å². The zero-order valence-electron chi connectivity index (χ0n) is 12.0. The number of para-hydroxylation sites is 1. The van der Waals surface area contributed by atoms with Crippen molar-refractivity contribution in [3.8, 4) is 0 Å². The first-order valence-electron chi connectivity index (χ1n) is 7.02. The molecule has 0 spiro atoms. The fraction of sp³-hybridized carbons (Fsp3) is 0.533. The summed E-state index contributed by atoms with van der Waals surface area (Å²) < 4.78 is 11.3. The first-order valence-corrected chi connectivity index (χ1v) is 8.64. The van der Waals surface area contributed by atoms with Crippen molar-refractivity contribution in [2.24, 2.45) is 0 Å². The van der Waals surface area contributed by atoms with Gasteiger partial charge in [-0.3, -0.25) is 9.00 Å². The maximum atomic E-state index is 12.2. The number of fused-ring (bicyclic) bond motifs is 1. The maximum absolute atomic E-state index is 12.2. The lowest BCUT2D eigenvalue weighted by molar-refractivity contribution is -0.118. The number of nitrogens with one attached hydrogen (secondary N) is 2. The van der Waals surface area contributed by atoms with Gasteiger partial charge in [0.25, 0.3) is 0 Å². The van der Waals surface area contributed by atoms with Gasteiger partial charge in [0.2, 0.25) is 5.91 Å². The van der Waals surface area contributed by atoms with Crippen LogP contribution in [-0.2, 0) is 22.0 Å². The molecule has 3 atom stereocenters.